The third-order valence-electron chi connectivity index (χ3n) is 9.05. The van der Waals surface area contributed by atoms with Gasteiger partial charge in [-0.3, -0.25) is 0 Å². The average molecular weight is 355 g/mol. The van der Waals surface area contributed by atoms with Gasteiger partial charge >= 0.3 is 0 Å². The Hall–Kier alpha value is -0.470. The number of hydrogen-bond acceptors (Lipinski definition) is 1. The Morgan fingerprint density at radius 2 is 1.56 bits per heavy atom. The molecule has 0 amide bonds. The molecule has 3 heteroatoms. The monoisotopic (exact) mass is 354 g/mol. The van der Waals surface area contributed by atoms with E-state index in [0.29, 0.717) is 5.92 Å². The fourth-order valence-corrected chi connectivity index (χ4v) is 7.45. The zero-order chi connectivity index (χ0) is 18.5. The molecule has 0 N–H and O–H groups in total. The number of alkyl halides is 2. The molecule has 4 rings (SSSR count). The minimum atomic E-state index is -2.41. The Labute approximate surface area is 152 Å². The number of rotatable bonds is 0. The lowest BCUT2D eigenvalue weighted by atomic mass is 9.44. The first-order valence-corrected chi connectivity index (χ1v) is 10.5. The molecular weight excluding hydrogens is 318 g/mol. The Kier molecular flexibility index (Phi) is 5.10. The second-order valence-electron chi connectivity index (χ2n) is 9.91. The smallest absolute Gasteiger partial charge is 0.251 e. The Bertz CT molecular complexity index is 504. The molecule has 0 spiro atoms. The van der Waals surface area contributed by atoms with Crippen LogP contribution in [-0.2, 0) is 4.79 Å². The van der Waals surface area contributed by atoms with Crippen LogP contribution in [-0.4, -0.2) is 12.2 Å². The van der Waals surface area contributed by atoms with Crippen molar-refractivity contribution in [2.75, 3.05) is 0 Å². The molecule has 0 aromatic carbocycles. The van der Waals surface area contributed by atoms with E-state index < -0.39 is 5.92 Å². The minimum absolute atomic E-state index is 0.183. The maximum absolute atomic E-state index is 15.2. The van der Waals surface area contributed by atoms with E-state index >= 15 is 8.78 Å². The van der Waals surface area contributed by atoms with Crippen molar-refractivity contribution in [3.8, 4) is 0 Å². The summed E-state index contributed by atoms with van der Waals surface area (Å²) in [7, 11) is 0. The van der Waals surface area contributed by atoms with Crippen LogP contribution in [0, 0.1) is 40.4 Å². The van der Waals surface area contributed by atoms with Crippen molar-refractivity contribution >= 4 is 6.29 Å². The normalized spacial score (nSPS) is 50.6. The summed E-state index contributed by atoms with van der Waals surface area (Å²) in [4.78, 5) is 8.81. The molecule has 4 saturated carbocycles. The van der Waals surface area contributed by atoms with E-state index in [1.807, 2.05) is 0 Å². The van der Waals surface area contributed by atoms with Gasteiger partial charge in [0.05, 0.1) is 0 Å². The lowest BCUT2D eigenvalue weighted by Gasteiger charge is -2.62. The van der Waals surface area contributed by atoms with Crippen LogP contribution in [0.5, 0.6) is 0 Å². The summed E-state index contributed by atoms with van der Waals surface area (Å²) in [5, 5.41) is 0. The predicted octanol–water partition coefficient (Wildman–Crippen LogP) is 6.51. The topological polar surface area (TPSA) is 17.1 Å². The highest BCUT2D eigenvalue weighted by Crippen LogP contribution is 2.70. The minimum Gasteiger partial charge on any atom is -0.304 e. The SMILES string of the molecule is CC1CCC2C3C(CCC12C)C1(C)CCCCC1CC3(F)F.CC=O. The Balaban J connectivity index is 0.000000569. The summed E-state index contributed by atoms with van der Waals surface area (Å²) in [6, 6.07) is 0. The van der Waals surface area contributed by atoms with Crippen LogP contribution in [0.15, 0.2) is 0 Å². The standard InChI is InChI=1S/C20H32F2.C2H4O/c1-13-7-8-15-17-16(9-11-18(13,15)2)19(3)10-5-4-6-14(19)12-20(17,21)22;1-2-3/h13-17H,4-12H2,1-3H3;2H,1H3. The second kappa shape index (κ2) is 6.60. The maximum atomic E-state index is 15.2. The Morgan fingerprint density at radius 1 is 0.920 bits per heavy atom. The summed E-state index contributed by atoms with van der Waals surface area (Å²) >= 11 is 0. The van der Waals surface area contributed by atoms with Crippen molar-refractivity contribution in [2.24, 2.45) is 40.4 Å². The van der Waals surface area contributed by atoms with Gasteiger partial charge in [-0.2, -0.15) is 0 Å². The summed E-state index contributed by atoms with van der Waals surface area (Å²) < 4.78 is 30.4. The molecular formula is C22H36F2O. The highest BCUT2D eigenvalue weighted by atomic mass is 19.3. The largest absolute Gasteiger partial charge is 0.304 e. The van der Waals surface area contributed by atoms with Crippen LogP contribution in [0.3, 0.4) is 0 Å². The lowest BCUT2D eigenvalue weighted by molar-refractivity contribution is -0.231. The molecule has 0 radical (unpaired) electrons. The zero-order valence-corrected chi connectivity index (χ0v) is 16.5. The molecule has 0 saturated heterocycles. The van der Waals surface area contributed by atoms with Crippen LogP contribution in [0.1, 0.15) is 85.5 Å². The molecule has 4 aliphatic carbocycles. The van der Waals surface area contributed by atoms with Gasteiger partial charge in [-0.25, -0.2) is 8.78 Å². The predicted molar refractivity (Wildman–Crippen MR) is 97.6 cm³/mol. The molecule has 4 aliphatic rings. The third-order valence-corrected chi connectivity index (χ3v) is 9.05. The molecule has 0 bridgehead atoms. The van der Waals surface area contributed by atoms with Crippen molar-refractivity contribution < 1.29 is 13.6 Å². The first kappa shape index (κ1) is 19.3. The van der Waals surface area contributed by atoms with Gasteiger partial charge in [0.1, 0.15) is 6.29 Å². The fourth-order valence-electron chi connectivity index (χ4n) is 7.45. The zero-order valence-electron chi connectivity index (χ0n) is 16.5. The highest BCUT2D eigenvalue weighted by Gasteiger charge is 2.66. The molecule has 0 aromatic rings. The van der Waals surface area contributed by atoms with Gasteiger partial charge in [0.2, 0.25) is 0 Å². The van der Waals surface area contributed by atoms with E-state index in [9.17, 15) is 0 Å². The first-order chi connectivity index (χ1) is 11.7. The van der Waals surface area contributed by atoms with Gasteiger partial charge in [-0.15, -0.1) is 0 Å². The van der Waals surface area contributed by atoms with E-state index in [0.717, 1.165) is 25.5 Å². The van der Waals surface area contributed by atoms with Crippen LogP contribution >= 0.6 is 0 Å². The summed E-state index contributed by atoms with van der Waals surface area (Å²) in [6.07, 6.45) is 10.1. The third kappa shape index (κ3) is 2.88. The van der Waals surface area contributed by atoms with E-state index in [1.165, 1.54) is 39.0 Å². The van der Waals surface area contributed by atoms with Crippen LogP contribution in [0.4, 0.5) is 8.78 Å². The van der Waals surface area contributed by atoms with Gasteiger partial charge in [0, 0.05) is 12.3 Å². The molecule has 4 fully saturated rings. The summed E-state index contributed by atoms with van der Waals surface area (Å²) in [5.41, 5.74) is 0.389. The number of carbonyl (C=O) groups excluding carboxylic acids is 1. The van der Waals surface area contributed by atoms with Crippen molar-refractivity contribution in [3.05, 3.63) is 0 Å². The van der Waals surface area contributed by atoms with E-state index in [1.54, 1.807) is 0 Å². The number of fused-ring (bicyclic) bond motifs is 5. The van der Waals surface area contributed by atoms with Crippen molar-refractivity contribution in [1.82, 2.24) is 0 Å². The maximum Gasteiger partial charge on any atom is 0.251 e. The quantitative estimate of drug-likeness (QED) is 0.453. The van der Waals surface area contributed by atoms with Gasteiger partial charge < -0.3 is 4.79 Å². The number of carbonyl (C=O) groups is 1. The molecule has 0 aliphatic heterocycles. The van der Waals surface area contributed by atoms with Gasteiger partial charge in [-0.1, -0.05) is 33.6 Å². The number of aldehydes is 1. The molecule has 7 atom stereocenters. The van der Waals surface area contributed by atoms with Crippen LogP contribution in [0.25, 0.3) is 0 Å². The van der Waals surface area contributed by atoms with E-state index in [2.05, 4.69) is 20.8 Å². The molecule has 0 aromatic heterocycles. The molecule has 1 nitrogen and oxygen atoms in total. The lowest BCUT2D eigenvalue weighted by Crippen LogP contribution is -2.60. The van der Waals surface area contributed by atoms with E-state index in [4.69, 9.17) is 4.79 Å². The van der Waals surface area contributed by atoms with Crippen molar-refractivity contribution in [1.29, 1.82) is 0 Å². The highest BCUT2D eigenvalue weighted by molar-refractivity contribution is 5.44. The molecule has 0 heterocycles. The molecule has 7 unspecified atom stereocenters. The first-order valence-electron chi connectivity index (χ1n) is 10.5. The summed E-state index contributed by atoms with van der Waals surface area (Å²) in [6.45, 7) is 8.47. The van der Waals surface area contributed by atoms with Crippen LogP contribution in [0.2, 0.25) is 0 Å². The molecule has 25 heavy (non-hydrogen) atoms. The van der Waals surface area contributed by atoms with Gasteiger partial charge in [-0.05, 0) is 80.0 Å². The van der Waals surface area contributed by atoms with Crippen LogP contribution < -0.4 is 0 Å². The summed E-state index contributed by atoms with van der Waals surface area (Å²) in [5.74, 6) is -1.27. The molecule has 144 valence electrons. The second-order valence-corrected chi connectivity index (χ2v) is 9.91. The number of hydrogen-bond donors (Lipinski definition) is 0. The van der Waals surface area contributed by atoms with E-state index in [-0.39, 0.29) is 40.9 Å². The van der Waals surface area contributed by atoms with Gasteiger partial charge in [0.25, 0.3) is 5.92 Å². The van der Waals surface area contributed by atoms with Crippen molar-refractivity contribution in [3.63, 3.8) is 0 Å². The average Bonchev–Trinajstić information content (AvgIpc) is 2.84. The van der Waals surface area contributed by atoms with Gasteiger partial charge in [0.15, 0.2) is 0 Å². The fraction of sp³-hybridized carbons (Fsp3) is 0.955. The van der Waals surface area contributed by atoms with Crippen molar-refractivity contribution in [2.45, 2.75) is 91.4 Å². The Morgan fingerprint density at radius 3 is 2.24 bits per heavy atom. The number of halogens is 2.